The number of carbonyl (C=O) groups excluding carboxylic acids is 2. The highest BCUT2D eigenvalue weighted by Gasteiger charge is 2.15. The molecule has 148 valence electrons. The van der Waals surface area contributed by atoms with Crippen molar-refractivity contribution >= 4 is 22.7 Å². The van der Waals surface area contributed by atoms with Crippen LogP contribution in [0.3, 0.4) is 0 Å². The van der Waals surface area contributed by atoms with E-state index in [0.717, 1.165) is 11.1 Å². The Morgan fingerprint density at radius 1 is 0.533 bits per heavy atom. The number of fused-ring (bicyclic) bond motifs is 1. The van der Waals surface area contributed by atoms with Crippen molar-refractivity contribution < 1.29 is 19.1 Å². The van der Waals surface area contributed by atoms with Gasteiger partial charge in [0.2, 0.25) is 0 Å². The van der Waals surface area contributed by atoms with Gasteiger partial charge in [-0.3, -0.25) is 0 Å². The largest absolute Gasteiger partial charge is 0.422 e. The smallest absolute Gasteiger partial charge is 0.343 e. The molecule has 0 aliphatic carbocycles. The molecule has 0 aliphatic heterocycles. The van der Waals surface area contributed by atoms with Crippen molar-refractivity contribution in [3.05, 3.63) is 107 Å². The third kappa shape index (κ3) is 4.08. The van der Waals surface area contributed by atoms with Gasteiger partial charge in [-0.2, -0.15) is 0 Å². The highest BCUT2D eigenvalue weighted by Crippen LogP contribution is 2.34. The Morgan fingerprint density at radius 3 is 1.27 bits per heavy atom. The summed E-state index contributed by atoms with van der Waals surface area (Å²) in [4.78, 5) is 25.1. The van der Waals surface area contributed by atoms with E-state index in [1.54, 1.807) is 36.4 Å². The van der Waals surface area contributed by atoms with E-state index in [2.05, 4.69) is 0 Å². The van der Waals surface area contributed by atoms with Gasteiger partial charge in [-0.15, -0.1) is 0 Å². The molecule has 4 heteroatoms. The van der Waals surface area contributed by atoms with Crippen LogP contribution in [0.15, 0.2) is 84.9 Å². The van der Waals surface area contributed by atoms with Gasteiger partial charge >= 0.3 is 11.9 Å². The van der Waals surface area contributed by atoms with E-state index in [1.165, 1.54) is 0 Å². The molecule has 0 saturated carbocycles. The quantitative estimate of drug-likeness (QED) is 0.319. The number of carbonyl (C=O) groups is 2. The molecule has 0 saturated heterocycles. The summed E-state index contributed by atoms with van der Waals surface area (Å²) in [5.41, 5.74) is 3.08. The first-order valence-electron chi connectivity index (χ1n) is 9.61. The predicted octanol–water partition coefficient (Wildman–Crippen LogP) is 5.90. The molecule has 0 radical (unpaired) electrons. The molecule has 4 nitrogen and oxygen atoms in total. The molecule has 0 N–H and O–H groups in total. The van der Waals surface area contributed by atoms with Gasteiger partial charge < -0.3 is 9.47 Å². The summed E-state index contributed by atoms with van der Waals surface area (Å²) in [5.74, 6) is -0.0632. The summed E-state index contributed by atoms with van der Waals surface area (Å²) in [6, 6.07) is 25.0. The molecular weight excluding hydrogens is 376 g/mol. The van der Waals surface area contributed by atoms with Gasteiger partial charge in [0.05, 0.1) is 11.1 Å². The van der Waals surface area contributed by atoms with Crippen LogP contribution in [0.1, 0.15) is 31.8 Å². The number of aryl methyl sites for hydroxylation is 2. The second-order valence-electron chi connectivity index (χ2n) is 7.12. The second kappa shape index (κ2) is 8.21. The van der Waals surface area contributed by atoms with Gasteiger partial charge in [0.15, 0.2) is 0 Å². The first kappa shape index (κ1) is 19.4. The maximum Gasteiger partial charge on any atom is 0.343 e. The minimum absolute atomic E-state index is 0.409. The van der Waals surface area contributed by atoms with Gasteiger partial charge in [-0.05, 0) is 50.2 Å². The van der Waals surface area contributed by atoms with E-state index in [1.807, 2.05) is 62.4 Å². The van der Waals surface area contributed by atoms with E-state index in [9.17, 15) is 9.59 Å². The number of benzene rings is 4. The van der Waals surface area contributed by atoms with Gasteiger partial charge in [0.1, 0.15) is 11.5 Å². The van der Waals surface area contributed by atoms with Crippen LogP contribution in [0.2, 0.25) is 0 Å². The molecular formula is C26H20O4. The lowest BCUT2D eigenvalue weighted by Gasteiger charge is -2.12. The predicted molar refractivity (Wildman–Crippen MR) is 116 cm³/mol. The summed E-state index contributed by atoms with van der Waals surface area (Å²) < 4.78 is 11.3. The minimum Gasteiger partial charge on any atom is -0.422 e. The molecule has 4 rings (SSSR count). The molecule has 4 aromatic rings. The van der Waals surface area contributed by atoms with E-state index < -0.39 is 11.9 Å². The first-order valence-corrected chi connectivity index (χ1v) is 9.61. The monoisotopic (exact) mass is 396 g/mol. The Kier molecular flexibility index (Phi) is 5.31. The van der Waals surface area contributed by atoms with Gasteiger partial charge in [0.25, 0.3) is 0 Å². The summed E-state index contributed by atoms with van der Waals surface area (Å²) in [6.45, 7) is 3.92. The summed E-state index contributed by atoms with van der Waals surface area (Å²) >= 11 is 0. The molecule has 0 fully saturated rings. The fourth-order valence-electron chi connectivity index (χ4n) is 3.12. The van der Waals surface area contributed by atoms with E-state index in [-0.39, 0.29) is 0 Å². The fraction of sp³-hybridized carbons (Fsp3) is 0.0769. The molecule has 30 heavy (non-hydrogen) atoms. The Morgan fingerprint density at radius 2 is 0.900 bits per heavy atom. The summed E-state index contributed by atoms with van der Waals surface area (Å²) in [6.07, 6.45) is 0. The van der Waals surface area contributed by atoms with Crippen LogP contribution in [0.4, 0.5) is 0 Å². The third-order valence-electron chi connectivity index (χ3n) is 4.82. The highest BCUT2D eigenvalue weighted by molar-refractivity contribution is 6.00. The lowest BCUT2D eigenvalue weighted by Crippen LogP contribution is -2.10. The Balaban J connectivity index is 1.63. The lowest BCUT2D eigenvalue weighted by atomic mass is 10.1. The molecule has 4 aromatic carbocycles. The van der Waals surface area contributed by atoms with Crippen LogP contribution in [0.5, 0.6) is 11.5 Å². The Hall–Kier alpha value is -3.92. The summed E-state index contributed by atoms with van der Waals surface area (Å²) in [7, 11) is 0. The fourth-order valence-corrected chi connectivity index (χ4v) is 3.12. The van der Waals surface area contributed by atoms with Crippen LogP contribution >= 0.6 is 0 Å². The maximum atomic E-state index is 12.5. The van der Waals surface area contributed by atoms with Gasteiger partial charge in [0, 0.05) is 10.8 Å². The highest BCUT2D eigenvalue weighted by atomic mass is 16.5. The first-order chi connectivity index (χ1) is 14.5. The van der Waals surface area contributed by atoms with E-state index in [0.29, 0.717) is 33.4 Å². The molecule has 0 bridgehead atoms. The standard InChI is InChI=1S/C26H20O4/c1-17-7-11-19(12-8-17)25(27)29-23-15-16-24(22-6-4-3-5-21(22)23)30-26(28)20-13-9-18(2)10-14-20/h3-16H,1-2H3. The maximum absolute atomic E-state index is 12.5. The molecule has 0 amide bonds. The zero-order valence-corrected chi connectivity index (χ0v) is 16.7. The van der Waals surface area contributed by atoms with Crippen molar-refractivity contribution in [1.82, 2.24) is 0 Å². The van der Waals surface area contributed by atoms with Crippen molar-refractivity contribution in [1.29, 1.82) is 0 Å². The second-order valence-corrected chi connectivity index (χ2v) is 7.12. The van der Waals surface area contributed by atoms with Crippen molar-refractivity contribution in [2.45, 2.75) is 13.8 Å². The molecule has 0 unspecified atom stereocenters. The van der Waals surface area contributed by atoms with Gasteiger partial charge in [-0.25, -0.2) is 9.59 Å². The normalized spacial score (nSPS) is 10.6. The molecule has 0 heterocycles. The number of hydrogen-bond donors (Lipinski definition) is 0. The SMILES string of the molecule is Cc1ccc(C(=O)Oc2ccc(OC(=O)c3ccc(C)cc3)c3ccccc23)cc1. The van der Waals surface area contributed by atoms with Crippen LogP contribution in [0, 0.1) is 13.8 Å². The van der Waals surface area contributed by atoms with Crippen LogP contribution in [0.25, 0.3) is 10.8 Å². The Bertz CT molecular complexity index is 1120. The topological polar surface area (TPSA) is 52.6 Å². The van der Waals surface area contributed by atoms with Crippen molar-refractivity contribution in [2.24, 2.45) is 0 Å². The van der Waals surface area contributed by atoms with Crippen LogP contribution in [-0.4, -0.2) is 11.9 Å². The van der Waals surface area contributed by atoms with E-state index >= 15 is 0 Å². The molecule has 0 aliphatic rings. The number of rotatable bonds is 4. The van der Waals surface area contributed by atoms with E-state index in [4.69, 9.17) is 9.47 Å². The van der Waals surface area contributed by atoms with Crippen LogP contribution in [-0.2, 0) is 0 Å². The number of ether oxygens (including phenoxy) is 2. The summed E-state index contributed by atoms with van der Waals surface area (Å²) in [5, 5.41) is 1.37. The average Bonchev–Trinajstić information content (AvgIpc) is 2.76. The molecule has 0 aromatic heterocycles. The van der Waals surface area contributed by atoms with Crippen molar-refractivity contribution in [3.8, 4) is 11.5 Å². The average molecular weight is 396 g/mol. The minimum atomic E-state index is -0.440. The van der Waals surface area contributed by atoms with Crippen molar-refractivity contribution in [3.63, 3.8) is 0 Å². The third-order valence-corrected chi connectivity index (χ3v) is 4.82. The van der Waals surface area contributed by atoms with Crippen LogP contribution < -0.4 is 9.47 Å². The van der Waals surface area contributed by atoms with Crippen molar-refractivity contribution in [2.75, 3.05) is 0 Å². The number of hydrogen-bond acceptors (Lipinski definition) is 4. The zero-order chi connectivity index (χ0) is 21.1. The van der Waals surface area contributed by atoms with Gasteiger partial charge in [-0.1, -0.05) is 59.7 Å². The molecule has 0 spiro atoms. The lowest BCUT2D eigenvalue weighted by molar-refractivity contribution is 0.0723. The Labute approximate surface area is 174 Å². The number of esters is 2. The zero-order valence-electron chi connectivity index (χ0n) is 16.7. The molecule has 0 atom stereocenters.